The van der Waals surface area contributed by atoms with E-state index in [1.54, 1.807) is 6.92 Å². The normalized spacial score (nSPS) is 11.0. The minimum absolute atomic E-state index is 0.141. The van der Waals surface area contributed by atoms with E-state index in [0.717, 1.165) is 12.0 Å². The molecule has 2 aromatic carbocycles. The predicted molar refractivity (Wildman–Crippen MR) is 91.2 cm³/mol. The molecule has 0 atom stereocenters. The Morgan fingerprint density at radius 2 is 1.43 bits per heavy atom. The van der Waals surface area contributed by atoms with Gasteiger partial charge in [-0.05, 0) is 60.6 Å². The molecule has 0 aromatic heterocycles. The number of unbranched alkanes of at least 4 members (excludes halogenated alkanes) is 2. The molecule has 0 heterocycles. The van der Waals surface area contributed by atoms with E-state index in [4.69, 9.17) is 0 Å². The van der Waals surface area contributed by atoms with Crippen LogP contribution in [0.1, 0.15) is 67.9 Å². The van der Waals surface area contributed by atoms with E-state index in [1.807, 2.05) is 12.1 Å². The number of ketones is 1. The number of hydrogen-bond donors (Lipinski definition) is 0. The molecule has 2 rings (SSSR count). The molecule has 0 spiro atoms. The van der Waals surface area contributed by atoms with Gasteiger partial charge in [0.05, 0.1) is 0 Å². The highest BCUT2D eigenvalue weighted by molar-refractivity contribution is 5.98. The summed E-state index contributed by atoms with van der Waals surface area (Å²) in [5, 5.41) is 2.46. The van der Waals surface area contributed by atoms with Crippen LogP contribution in [0.4, 0.5) is 0 Å². The van der Waals surface area contributed by atoms with Crippen molar-refractivity contribution in [3.8, 4) is 0 Å². The number of rotatable bonds is 7. The maximum absolute atomic E-state index is 11.6. The van der Waals surface area contributed by atoms with Crippen molar-refractivity contribution < 1.29 is 4.79 Å². The first kappa shape index (κ1) is 15.8. The molecule has 0 aliphatic rings. The van der Waals surface area contributed by atoms with Crippen molar-refractivity contribution in [1.82, 2.24) is 0 Å². The van der Waals surface area contributed by atoms with Gasteiger partial charge in [0.2, 0.25) is 0 Å². The highest BCUT2D eigenvalue weighted by atomic mass is 16.1. The van der Waals surface area contributed by atoms with Gasteiger partial charge >= 0.3 is 0 Å². The maximum Gasteiger partial charge on any atom is 0.159 e. The van der Waals surface area contributed by atoms with Crippen molar-refractivity contribution in [2.75, 3.05) is 0 Å². The second-order valence-corrected chi connectivity index (χ2v) is 5.95. The largest absolute Gasteiger partial charge is 0.295 e. The number of Topliss-reactive ketones (excluding diaryl/α,β-unsaturated/α-hetero) is 1. The summed E-state index contributed by atoms with van der Waals surface area (Å²) >= 11 is 0. The van der Waals surface area contributed by atoms with Crippen LogP contribution >= 0.6 is 0 Å². The summed E-state index contributed by atoms with van der Waals surface area (Å²) in [7, 11) is 0. The lowest BCUT2D eigenvalue weighted by Gasteiger charge is -2.12. The quantitative estimate of drug-likeness (QED) is 0.593. The van der Waals surface area contributed by atoms with E-state index >= 15 is 0 Å². The van der Waals surface area contributed by atoms with Crippen LogP contribution in [0.2, 0.25) is 0 Å². The Balaban J connectivity index is 2.45. The van der Waals surface area contributed by atoms with E-state index < -0.39 is 0 Å². The minimum atomic E-state index is 0.141. The van der Waals surface area contributed by atoms with Crippen LogP contribution < -0.4 is 0 Å². The topological polar surface area (TPSA) is 17.1 Å². The molecular weight excluding hydrogens is 256 g/mol. The van der Waals surface area contributed by atoms with Crippen LogP contribution in [0.15, 0.2) is 30.3 Å². The third-order valence-corrected chi connectivity index (χ3v) is 4.16. The molecule has 0 unspecified atom stereocenters. The molecule has 0 saturated carbocycles. The second kappa shape index (κ2) is 7.40. The Morgan fingerprint density at radius 1 is 0.857 bits per heavy atom. The molecular formula is C20H26O. The van der Waals surface area contributed by atoms with Gasteiger partial charge in [0.15, 0.2) is 5.78 Å². The van der Waals surface area contributed by atoms with Gasteiger partial charge in [-0.2, -0.15) is 0 Å². The number of benzene rings is 2. The average molecular weight is 282 g/mol. The third kappa shape index (κ3) is 3.93. The fourth-order valence-corrected chi connectivity index (χ4v) is 2.81. The molecule has 112 valence electrons. The standard InChI is InChI=1S/C20H26O/c1-4-6-8-17-13-19-11-10-16(15(3)21)12-20(19)14-18(17)9-7-5-2/h10-14H,4-9H2,1-3H3. The summed E-state index contributed by atoms with van der Waals surface area (Å²) in [6, 6.07) is 10.7. The molecule has 0 aliphatic heterocycles. The molecule has 2 aromatic rings. The van der Waals surface area contributed by atoms with Crippen molar-refractivity contribution in [2.24, 2.45) is 0 Å². The van der Waals surface area contributed by atoms with Crippen molar-refractivity contribution in [1.29, 1.82) is 0 Å². The average Bonchev–Trinajstić information content (AvgIpc) is 2.49. The summed E-state index contributed by atoms with van der Waals surface area (Å²) in [5.74, 6) is 0.141. The lowest BCUT2D eigenvalue weighted by molar-refractivity contribution is 0.101. The SMILES string of the molecule is CCCCc1cc2ccc(C(C)=O)cc2cc1CCCC. The maximum atomic E-state index is 11.6. The van der Waals surface area contributed by atoms with Gasteiger partial charge in [-0.15, -0.1) is 0 Å². The zero-order chi connectivity index (χ0) is 15.2. The van der Waals surface area contributed by atoms with E-state index in [-0.39, 0.29) is 5.78 Å². The van der Waals surface area contributed by atoms with E-state index in [1.165, 1.54) is 54.0 Å². The Morgan fingerprint density at radius 3 is 1.95 bits per heavy atom. The van der Waals surface area contributed by atoms with Crippen molar-refractivity contribution in [3.05, 3.63) is 47.0 Å². The number of hydrogen-bond acceptors (Lipinski definition) is 1. The highest BCUT2D eigenvalue weighted by Gasteiger charge is 2.07. The van der Waals surface area contributed by atoms with Gasteiger partial charge in [-0.1, -0.05) is 51.0 Å². The fraction of sp³-hybridized carbons (Fsp3) is 0.450. The number of aryl methyl sites for hydroxylation is 2. The molecule has 0 aliphatic carbocycles. The first-order chi connectivity index (χ1) is 10.2. The Hall–Kier alpha value is -1.63. The summed E-state index contributed by atoms with van der Waals surface area (Å²) in [6.45, 7) is 6.11. The van der Waals surface area contributed by atoms with Crippen LogP contribution in [0.5, 0.6) is 0 Å². The minimum Gasteiger partial charge on any atom is -0.295 e. The first-order valence-electron chi connectivity index (χ1n) is 8.22. The third-order valence-electron chi connectivity index (χ3n) is 4.16. The Bertz CT molecular complexity index is 625. The summed E-state index contributed by atoms with van der Waals surface area (Å²) in [4.78, 5) is 11.6. The smallest absolute Gasteiger partial charge is 0.159 e. The molecule has 0 saturated heterocycles. The molecule has 0 N–H and O–H groups in total. The van der Waals surface area contributed by atoms with Crippen molar-refractivity contribution in [3.63, 3.8) is 0 Å². The summed E-state index contributed by atoms with van der Waals surface area (Å²) in [6.07, 6.45) is 7.25. The first-order valence-corrected chi connectivity index (χ1v) is 8.22. The van der Waals surface area contributed by atoms with E-state index in [9.17, 15) is 4.79 Å². The van der Waals surface area contributed by atoms with Crippen LogP contribution in [-0.4, -0.2) is 5.78 Å². The molecule has 1 heteroatoms. The molecule has 21 heavy (non-hydrogen) atoms. The number of fused-ring (bicyclic) bond motifs is 1. The van der Waals surface area contributed by atoms with Gasteiger partial charge in [0.25, 0.3) is 0 Å². The van der Waals surface area contributed by atoms with Crippen molar-refractivity contribution in [2.45, 2.75) is 59.3 Å². The van der Waals surface area contributed by atoms with Crippen LogP contribution in [0.25, 0.3) is 10.8 Å². The zero-order valence-corrected chi connectivity index (χ0v) is 13.5. The van der Waals surface area contributed by atoms with Gasteiger partial charge < -0.3 is 0 Å². The molecule has 0 radical (unpaired) electrons. The molecule has 0 fully saturated rings. The lowest BCUT2D eigenvalue weighted by Crippen LogP contribution is -1.97. The summed E-state index contributed by atoms with van der Waals surface area (Å²) < 4.78 is 0. The van der Waals surface area contributed by atoms with E-state index in [2.05, 4.69) is 32.0 Å². The number of carbonyl (C=O) groups excluding carboxylic acids is 1. The van der Waals surface area contributed by atoms with Gasteiger partial charge in [0, 0.05) is 5.56 Å². The lowest BCUT2D eigenvalue weighted by atomic mass is 9.93. The van der Waals surface area contributed by atoms with Crippen LogP contribution in [0.3, 0.4) is 0 Å². The van der Waals surface area contributed by atoms with Gasteiger partial charge in [0.1, 0.15) is 0 Å². The van der Waals surface area contributed by atoms with Crippen LogP contribution in [-0.2, 0) is 12.8 Å². The predicted octanol–water partition coefficient (Wildman–Crippen LogP) is 5.73. The second-order valence-electron chi connectivity index (χ2n) is 5.95. The fourth-order valence-electron chi connectivity index (χ4n) is 2.81. The highest BCUT2D eigenvalue weighted by Crippen LogP contribution is 2.24. The van der Waals surface area contributed by atoms with Crippen LogP contribution in [0, 0.1) is 0 Å². The van der Waals surface area contributed by atoms with Crippen molar-refractivity contribution >= 4 is 16.6 Å². The monoisotopic (exact) mass is 282 g/mol. The Labute approximate surface area is 128 Å². The zero-order valence-electron chi connectivity index (χ0n) is 13.5. The molecule has 0 amide bonds. The van der Waals surface area contributed by atoms with E-state index in [0.29, 0.717) is 0 Å². The molecule has 0 bridgehead atoms. The number of carbonyl (C=O) groups is 1. The van der Waals surface area contributed by atoms with Gasteiger partial charge in [-0.25, -0.2) is 0 Å². The Kier molecular flexibility index (Phi) is 5.55. The van der Waals surface area contributed by atoms with Gasteiger partial charge in [-0.3, -0.25) is 4.79 Å². The molecule has 1 nitrogen and oxygen atoms in total. The summed E-state index contributed by atoms with van der Waals surface area (Å²) in [5.41, 5.74) is 3.78.